The minimum atomic E-state index is 0.265. The van der Waals surface area contributed by atoms with Gasteiger partial charge in [0.15, 0.2) is 0 Å². The summed E-state index contributed by atoms with van der Waals surface area (Å²) in [6.45, 7) is 12.7. The number of hydrogen-bond donors (Lipinski definition) is 1. The molecule has 1 N–H and O–H groups in total. The first-order valence-corrected chi connectivity index (χ1v) is 9.31. The van der Waals surface area contributed by atoms with Crippen molar-refractivity contribution in [2.24, 2.45) is 7.05 Å². The van der Waals surface area contributed by atoms with Crippen molar-refractivity contribution < 1.29 is 4.74 Å². The maximum absolute atomic E-state index is 6.36. The van der Waals surface area contributed by atoms with Gasteiger partial charge in [-0.15, -0.1) is 0 Å². The number of benzene rings is 1. The lowest BCUT2D eigenvalue weighted by Gasteiger charge is -2.21. The molecule has 1 unspecified atom stereocenters. The first-order valence-electron chi connectivity index (χ1n) is 9.31. The highest BCUT2D eigenvalue weighted by atomic mass is 16.5. The van der Waals surface area contributed by atoms with Crippen LogP contribution in [0.1, 0.15) is 52.0 Å². The van der Waals surface area contributed by atoms with Crippen LogP contribution >= 0.6 is 0 Å². The summed E-state index contributed by atoms with van der Waals surface area (Å²) in [5.74, 6) is 0.933. The van der Waals surface area contributed by atoms with Crippen LogP contribution in [0.15, 0.2) is 30.5 Å². The number of aryl methyl sites for hydroxylation is 2. The Balaban J connectivity index is 2.33. The zero-order valence-electron chi connectivity index (χ0n) is 16.4. The molecular weight excluding hydrogens is 308 g/mol. The van der Waals surface area contributed by atoms with E-state index >= 15 is 0 Å². The van der Waals surface area contributed by atoms with Crippen LogP contribution in [-0.2, 0) is 7.05 Å². The van der Waals surface area contributed by atoms with Gasteiger partial charge in [0.2, 0.25) is 0 Å². The topological polar surface area (TPSA) is 26.2 Å². The Bertz CT molecular complexity index is 804. The average molecular weight is 341 g/mol. The van der Waals surface area contributed by atoms with Crippen molar-refractivity contribution in [3.05, 3.63) is 46.6 Å². The Hall–Kier alpha value is -2.16. The SMILES string of the molecule is C=c1ccn(C)/c1=C(/C)Nc1ccc(C)cc1OC(CC)CCCC. The van der Waals surface area contributed by atoms with Crippen LogP contribution in [0.5, 0.6) is 5.75 Å². The lowest BCUT2D eigenvalue weighted by atomic mass is 10.1. The number of unbranched alkanes of at least 4 members (excludes halogenated alkanes) is 1. The summed E-state index contributed by atoms with van der Waals surface area (Å²) in [4.78, 5) is 0. The lowest BCUT2D eigenvalue weighted by molar-refractivity contribution is 0.184. The number of nitrogens with one attached hydrogen (secondary N) is 1. The molecule has 0 bridgehead atoms. The molecule has 3 heteroatoms. The van der Waals surface area contributed by atoms with Gasteiger partial charge in [-0.2, -0.15) is 0 Å². The number of hydrogen-bond acceptors (Lipinski definition) is 2. The van der Waals surface area contributed by atoms with Crippen LogP contribution in [0.3, 0.4) is 0 Å². The first-order chi connectivity index (χ1) is 12.0. The van der Waals surface area contributed by atoms with Crippen molar-refractivity contribution in [3.63, 3.8) is 0 Å². The van der Waals surface area contributed by atoms with E-state index in [-0.39, 0.29) is 6.10 Å². The summed E-state index contributed by atoms with van der Waals surface area (Å²) in [5, 5.41) is 5.68. The molecule has 0 amide bonds. The third kappa shape index (κ3) is 4.91. The van der Waals surface area contributed by atoms with Crippen LogP contribution in [0.25, 0.3) is 12.3 Å². The van der Waals surface area contributed by atoms with Crippen LogP contribution in [0.4, 0.5) is 5.69 Å². The summed E-state index contributed by atoms with van der Waals surface area (Å²) in [6.07, 6.45) is 6.83. The van der Waals surface area contributed by atoms with Gasteiger partial charge in [-0.1, -0.05) is 39.3 Å². The highest BCUT2D eigenvalue weighted by molar-refractivity contribution is 5.69. The Morgan fingerprint density at radius 2 is 2.04 bits per heavy atom. The Morgan fingerprint density at radius 3 is 2.64 bits per heavy atom. The van der Waals surface area contributed by atoms with Gasteiger partial charge in [-0.3, -0.25) is 0 Å². The van der Waals surface area contributed by atoms with E-state index in [4.69, 9.17) is 4.74 Å². The molecule has 3 nitrogen and oxygen atoms in total. The van der Waals surface area contributed by atoms with Crippen molar-refractivity contribution in [1.82, 2.24) is 4.57 Å². The number of anilines is 1. The van der Waals surface area contributed by atoms with Gasteiger partial charge < -0.3 is 14.6 Å². The van der Waals surface area contributed by atoms with E-state index in [1.807, 2.05) is 19.3 Å². The van der Waals surface area contributed by atoms with Gasteiger partial charge in [0.25, 0.3) is 0 Å². The largest absolute Gasteiger partial charge is 0.488 e. The third-order valence-corrected chi connectivity index (χ3v) is 4.60. The number of nitrogens with zero attached hydrogens (tertiary/aromatic N) is 1. The molecule has 0 aliphatic heterocycles. The van der Waals surface area contributed by atoms with Crippen LogP contribution < -0.4 is 20.6 Å². The van der Waals surface area contributed by atoms with Gasteiger partial charge >= 0.3 is 0 Å². The third-order valence-electron chi connectivity index (χ3n) is 4.60. The Kier molecular flexibility index (Phi) is 6.74. The minimum absolute atomic E-state index is 0.265. The monoisotopic (exact) mass is 340 g/mol. The highest BCUT2D eigenvalue weighted by Crippen LogP contribution is 2.29. The van der Waals surface area contributed by atoms with E-state index in [1.54, 1.807) is 0 Å². The highest BCUT2D eigenvalue weighted by Gasteiger charge is 2.12. The van der Waals surface area contributed by atoms with E-state index in [0.29, 0.717) is 0 Å². The standard InChI is InChI=1S/C22H32N2O/c1-7-9-10-19(8-2)25-21-15-16(3)11-12-20(21)23-18(5)22-17(4)13-14-24(22)6/h11-15,19,23H,4,7-10H2,1-3,5-6H3/b22-18-. The summed E-state index contributed by atoms with van der Waals surface area (Å²) in [7, 11) is 2.04. The predicted molar refractivity (Wildman–Crippen MR) is 108 cm³/mol. The van der Waals surface area contributed by atoms with Crippen molar-refractivity contribution in [2.75, 3.05) is 5.32 Å². The molecule has 0 aliphatic rings. The summed E-state index contributed by atoms with van der Waals surface area (Å²) in [6, 6.07) is 8.38. The van der Waals surface area contributed by atoms with Gasteiger partial charge in [-0.05, 0) is 55.7 Å². The summed E-state index contributed by atoms with van der Waals surface area (Å²) < 4.78 is 8.45. The van der Waals surface area contributed by atoms with E-state index in [0.717, 1.165) is 40.5 Å². The summed E-state index contributed by atoms with van der Waals surface area (Å²) in [5.41, 5.74) is 3.30. The van der Waals surface area contributed by atoms with Gasteiger partial charge in [0, 0.05) is 18.9 Å². The number of aromatic nitrogens is 1. The molecule has 0 spiro atoms. The molecule has 2 rings (SSSR count). The second-order valence-corrected chi connectivity index (χ2v) is 6.84. The van der Waals surface area contributed by atoms with Crippen molar-refractivity contribution in [3.8, 4) is 5.75 Å². The van der Waals surface area contributed by atoms with Crippen LogP contribution in [0.2, 0.25) is 0 Å². The van der Waals surface area contributed by atoms with E-state index < -0.39 is 0 Å². The maximum atomic E-state index is 6.36. The zero-order valence-corrected chi connectivity index (χ0v) is 16.4. The summed E-state index contributed by atoms with van der Waals surface area (Å²) >= 11 is 0. The molecule has 0 saturated carbocycles. The molecule has 0 saturated heterocycles. The van der Waals surface area contributed by atoms with E-state index in [9.17, 15) is 0 Å². The zero-order chi connectivity index (χ0) is 18.4. The molecule has 1 heterocycles. The van der Waals surface area contributed by atoms with Gasteiger partial charge in [0.1, 0.15) is 5.75 Å². The molecule has 136 valence electrons. The fourth-order valence-corrected chi connectivity index (χ4v) is 3.14. The first kappa shape index (κ1) is 19.2. The molecule has 1 aromatic carbocycles. The molecule has 0 aliphatic carbocycles. The van der Waals surface area contributed by atoms with Gasteiger partial charge in [0.05, 0.1) is 17.1 Å². The van der Waals surface area contributed by atoms with E-state index in [2.05, 4.69) is 62.4 Å². The van der Waals surface area contributed by atoms with E-state index in [1.165, 1.54) is 18.4 Å². The molecular formula is C22H32N2O. The molecule has 2 aromatic rings. The molecule has 1 atom stereocenters. The molecule has 0 fully saturated rings. The fourth-order valence-electron chi connectivity index (χ4n) is 3.14. The second kappa shape index (κ2) is 8.80. The minimum Gasteiger partial charge on any atom is -0.488 e. The lowest BCUT2D eigenvalue weighted by Crippen LogP contribution is -2.30. The Labute approximate surface area is 152 Å². The van der Waals surface area contributed by atoms with Crippen molar-refractivity contribution in [2.45, 2.75) is 59.5 Å². The Morgan fingerprint density at radius 1 is 1.28 bits per heavy atom. The predicted octanol–water partition coefficient (Wildman–Crippen LogP) is 4.33. The molecule has 0 radical (unpaired) electrons. The second-order valence-electron chi connectivity index (χ2n) is 6.84. The normalized spacial score (nSPS) is 13.5. The van der Waals surface area contributed by atoms with Crippen molar-refractivity contribution >= 4 is 18.0 Å². The number of rotatable bonds is 8. The fraction of sp³-hybridized carbons (Fsp3) is 0.455. The molecule has 1 aromatic heterocycles. The van der Waals surface area contributed by atoms with Crippen molar-refractivity contribution in [1.29, 1.82) is 0 Å². The van der Waals surface area contributed by atoms with Crippen LogP contribution in [-0.4, -0.2) is 10.7 Å². The molecule has 25 heavy (non-hydrogen) atoms. The average Bonchev–Trinajstić information content (AvgIpc) is 2.92. The maximum Gasteiger partial charge on any atom is 0.143 e. The smallest absolute Gasteiger partial charge is 0.143 e. The van der Waals surface area contributed by atoms with Crippen LogP contribution in [0, 0.1) is 6.92 Å². The van der Waals surface area contributed by atoms with Gasteiger partial charge in [-0.25, -0.2) is 0 Å². The number of ether oxygens (including phenoxy) is 1. The quantitative estimate of drug-likeness (QED) is 0.774.